The summed E-state index contributed by atoms with van der Waals surface area (Å²) in [5.74, 6) is 0.782. The summed E-state index contributed by atoms with van der Waals surface area (Å²) in [6.45, 7) is 1.69. The van der Waals surface area contributed by atoms with Crippen LogP contribution in [0.4, 0.5) is 11.5 Å². The van der Waals surface area contributed by atoms with Crippen LogP contribution in [-0.2, 0) is 4.74 Å². The molecule has 1 aromatic heterocycles. The average Bonchev–Trinajstić information content (AvgIpc) is 2.68. The summed E-state index contributed by atoms with van der Waals surface area (Å²) in [6, 6.07) is 3.72. The Bertz CT molecular complexity index is 470. The lowest BCUT2D eigenvalue weighted by atomic mass is 10.2. The highest BCUT2D eigenvalue weighted by Gasteiger charge is 2.34. The number of morpholine rings is 1. The first kappa shape index (κ1) is 10.4. The van der Waals surface area contributed by atoms with Crippen molar-refractivity contribution in [1.82, 2.24) is 4.98 Å². The minimum absolute atomic E-state index is 0.311. The Morgan fingerprint density at radius 1 is 1.41 bits per heavy atom. The Kier molecular flexibility index (Phi) is 2.37. The molecule has 0 aliphatic carbocycles. The summed E-state index contributed by atoms with van der Waals surface area (Å²) in [5.41, 5.74) is 7.02. The predicted molar refractivity (Wildman–Crippen MR) is 63.5 cm³/mol. The zero-order chi connectivity index (χ0) is 11.8. The van der Waals surface area contributed by atoms with Crippen LogP contribution < -0.4 is 10.6 Å². The summed E-state index contributed by atoms with van der Waals surface area (Å²) in [5, 5.41) is 8.78. The van der Waals surface area contributed by atoms with E-state index in [1.807, 2.05) is 6.07 Å². The van der Waals surface area contributed by atoms with Gasteiger partial charge in [0.05, 0.1) is 23.5 Å². The molecule has 17 heavy (non-hydrogen) atoms. The van der Waals surface area contributed by atoms with E-state index in [9.17, 15) is 0 Å². The molecule has 88 valence electrons. The number of pyridine rings is 1. The SMILES string of the molecule is N#Cc1cnc(N2CC3CCC(C2)O3)c(N)c1. The fourth-order valence-corrected chi connectivity index (χ4v) is 2.59. The van der Waals surface area contributed by atoms with Gasteiger partial charge >= 0.3 is 0 Å². The van der Waals surface area contributed by atoms with Gasteiger partial charge in [0.2, 0.25) is 0 Å². The molecule has 3 heterocycles. The van der Waals surface area contributed by atoms with Gasteiger partial charge in [-0.15, -0.1) is 0 Å². The van der Waals surface area contributed by atoms with Crippen molar-refractivity contribution in [3.05, 3.63) is 17.8 Å². The minimum Gasteiger partial charge on any atom is -0.396 e. The van der Waals surface area contributed by atoms with E-state index < -0.39 is 0 Å². The molecule has 2 fully saturated rings. The molecule has 0 radical (unpaired) electrons. The van der Waals surface area contributed by atoms with Crippen molar-refractivity contribution in [3.63, 3.8) is 0 Å². The summed E-state index contributed by atoms with van der Waals surface area (Å²) in [4.78, 5) is 6.46. The van der Waals surface area contributed by atoms with Crippen LogP contribution in [0.2, 0.25) is 0 Å². The molecule has 1 aromatic rings. The third-order valence-electron chi connectivity index (χ3n) is 3.37. The van der Waals surface area contributed by atoms with Gasteiger partial charge in [-0.05, 0) is 18.9 Å². The zero-order valence-corrected chi connectivity index (χ0v) is 9.47. The molecule has 0 spiro atoms. The van der Waals surface area contributed by atoms with Crippen molar-refractivity contribution in [2.75, 3.05) is 23.7 Å². The van der Waals surface area contributed by atoms with Gasteiger partial charge in [0.15, 0.2) is 5.82 Å². The molecule has 2 aliphatic heterocycles. The molecule has 5 nitrogen and oxygen atoms in total. The molecule has 5 heteroatoms. The summed E-state index contributed by atoms with van der Waals surface area (Å²) in [7, 11) is 0. The minimum atomic E-state index is 0.311. The van der Waals surface area contributed by atoms with E-state index in [-0.39, 0.29) is 0 Å². The maximum Gasteiger partial charge on any atom is 0.152 e. The van der Waals surface area contributed by atoms with Crippen LogP contribution >= 0.6 is 0 Å². The predicted octanol–water partition coefficient (Wildman–Crippen LogP) is 0.903. The Labute approximate surface area is 99.8 Å². The van der Waals surface area contributed by atoms with E-state index in [0.717, 1.165) is 31.7 Å². The van der Waals surface area contributed by atoms with E-state index in [0.29, 0.717) is 23.5 Å². The maximum atomic E-state index is 8.78. The smallest absolute Gasteiger partial charge is 0.152 e. The third kappa shape index (κ3) is 1.81. The number of hydrogen-bond donors (Lipinski definition) is 1. The van der Waals surface area contributed by atoms with Crippen molar-refractivity contribution in [3.8, 4) is 6.07 Å². The van der Waals surface area contributed by atoms with Crippen molar-refractivity contribution in [2.24, 2.45) is 0 Å². The van der Waals surface area contributed by atoms with Gasteiger partial charge in [-0.3, -0.25) is 0 Å². The molecule has 2 bridgehead atoms. The molecule has 2 atom stereocenters. The second-order valence-corrected chi connectivity index (χ2v) is 4.61. The topological polar surface area (TPSA) is 75.2 Å². The fourth-order valence-electron chi connectivity index (χ4n) is 2.59. The maximum absolute atomic E-state index is 8.78. The first-order valence-electron chi connectivity index (χ1n) is 5.82. The Balaban J connectivity index is 1.87. The van der Waals surface area contributed by atoms with Crippen LogP contribution in [0.25, 0.3) is 0 Å². The lowest BCUT2D eigenvalue weighted by molar-refractivity contribution is 0.0303. The Morgan fingerprint density at radius 2 is 2.12 bits per heavy atom. The standard InChI is InChI=1S/C12H14N4O/c13-4-8-3-11(14)12(15-5-8)16-6-9-1-2-10(7-16)17-9/h3,5,9-10H,1-2,6-7,14H2. The highest BCUT2D eigenvalue weighted by atomic mass is 16.5. The number of nitriles is 1. The number of nitrogens with zero attached hydrogens (tertiary/aromatic N) is 3. The van der Waals surface area contributed by atoms with Crippen LogP contribution in [0.15, 0.2) is 12.3 Å². The van der Waals surface area contributed by atoms with Gasteiger partial charge < -0.3 is 15.4 Å². The lowest BCUT2D eigenvalue weighted by Crippen LogP contribution is -2.43. The zero-order valence-electron chi connectivity index (χ0n) is 9.47. The van der Waals surface area contributed by atoms with Gasteiger partial charge in [-0.1, -0.05) is 0 Å². The van der Waals surface area contributed by atoms with Gasteiger partial charge in [-0.2, -0.15) is 5.26 Å². The number of rotatable bonds is 1. The summed E-state index contributed by atoms with van der Waals surface area (Å²) < 4.78 is 5.77. The Morgan fingerprint density at radius 3 is 2.71 bits per heavy atom. The van der Waals surface area contributed by atoms with Crippen LogP contribution in [0.5, 0.6) is 0 Å². The van der Waals surface area contributed by atoms with Crippen molar-refractivity contribution >= 4 is 11.5 Å². The Hall–Kier alpha value is -1.80. The second kappa shape index (κ2) is 3.90. The molecule has 2 unspecified atom stereocenters. The second-order valence-electron chi connectivity index (χ2n) is 4.61. The largest absolute Gasteiger partial charge is 0.396 e. The highest BCUT2D eigenvalue weighted by Crippen LogP contribution is 2.31. The first-order valence-corrected chi connectivity index (χ1v) is 5.82. The van der Waals surface area contributed by atoms with Gasteiger partial charge in [0.25, 0.3) is 0 Å². The molecule has 0 saturated carbocycles. The number of nitrogens with two attached hydrogens (primary N) is 1. The van der Waals surface area contributed by atoms with Crippen molar-refractivity contribution in [2.45, 2.75) is 25.0 Å². The number of anilines is 2. The van der Waals surface area contributed by atoms with Gasteiger partial charge in [-0.25, -0.2) is 4.98 Å². The number of hydrogen-bond acceptors (Lipinski definition) is 5. The van der Waals surface area contributed by atoms with Gasteiger partial charge in [0, 0.05) is 19.3 Å². The molecule has 2 N–H and O–H groups in total. The van der Waals surface area contributed by atoms with E-state index in [4.69, 9.17) is 15.7 Å². The third-order valence-corrected chi connectivity index (χ3v) is 3.37. The monoisotopic (exact) mass is 230 g/mol. The number of ether oxygens (including phenoxy) is 1. The number of nitrogen functional groups attached to an aromatic ring is 1. The molecular weight excluding hydrogens is 216 g/mol. The van der Waals surface area contributed by atoms with E-state index in [2.05, 4.69) is 9.88 Å². The van der Waals surface area contributed by atoms with E-state index >= 15 is 0 Å². The molecule has 2 aliphatic rings. The molecule has 3 rings (SSSR count). The summed E-state index contributed by atoms with van der Waals surface area (Å²) in [6.07, 6.45) is 4.44. The van der Waals surface area contributed by atoms with Crippen LogP contribution in [0.1, 0.15) is 18.4 Å². The quantitative estimate of drug-likeness (QED) is 0.775. The normalized spacial score (nSPS) is 26.9. The molecule has 0 aromatic carbocycles. The first-order chi connectivity index (χ1) is 8.26. The summed E-state index contributed by atoms with van der Waals surface area (Å²) >= 11 is 0. The molecule has 0 amide bonds. The lowest BCUT2D eigenvalue weighted by Gasteiger charge is -2.33. The molecule has 2 saturated heterocycles. The number of aromatic nitrogens is 1. The average molecular weight is 230 g/mol. The number of fused-ring (bicyclic) bond motifs is 2. The van der Waals surface area contributed by atoms with Crippen LogP contribution in [0, 0.1) is 11.3 Å². The van der Waals surface area contributed by atoms with Crippen molar-refractivity contribution in [1.29, 1.82) is 5.26 Å². The van der Waals surface area contributed by atoms with Crippen LogP contribution in [0.3, 0.4) is 0 Å². The van der Waals surface area contributed by atoms with Crippen molar-refractivity contribution < 1.29 is 4.74 Å². The van der Waals surface area contributed by atoms with E-state index in [1.165, 1.54) is 0 Å². The molecular formula is C12H14N4O. The highest BCUT2D eigenvalue weighted by molar-refractivity contribution is 5.64. The van der Waals surface area contributed by atoms with Gasteiger partial charge in [0.1, 0.15) is 6.07 Å². The van der Waals surface area contributed by atoms with E-state index in [1.54, 1.807) is 12.3 Å². The van der Waals surface area contributed by atoms with Crippen LogP contribution in [-0.4, -0.2) is 30.3 Å². The fraction of sp³-hybridized carbons (Fsp3) is 0.500.